The number of hydrogen-bond acceptors (Lipinski definition) is 8. The molecule has 150 valence electrons. The molecule has 0 radical (unpaired) electrons. The molecule has 0 aliphatic carbocycles. The lowest BCUT2D eigenvalue weighted by Gasteiger charge is -2.11. The summed E-state index contributed by atoms with van der Waals surface area (Å²) >= 11 is 0. The Morgan fingerprint density at radius 1 is 1.17 bits per heavy atom. The highest BCUT2D eigenvalue weighted by Crippen LogP contribution is 2.35. The molecule has 29 heavy (non-hydrogen) atoms. The molecule has 0 saturated heterocycles. The van der Waals surface area contributed by atoms with E-state index in [-0.39, 0.29) is 30.3 Å². The van der Waals surface area contributed by atoms with E-state index in [1.165, 1.54) is 13.2 Å². The first-order chi connectivity index (χ1) is 14.0. The number of ether oxygens (including phenoxy) is 3. The zero-order valence-corrected chi connectivity index (χ0v) is 15.8. The number of nitrogens with zero attached hydrogens (tertiary/aromatic N) is 2. The van der Waals surface area contributed by atoms with E-state index in [4.69, 9.17) is 18.7 Å². The summed E-state index contributed by atoms with van der Waals surface area (Å²) in [4.78, 5) is 23.2. The van der Waals surface area contributed by atoms with Crippen LogP contribution in [0, 0.1) is 10.1 Å². The van der Waals surface area contributed by atoms with Crippen LogP contribution < -0.4 is 9.47 Å². The van der Waals surface area contributed by atoms with Crippen molar-refractivity contribution in [2.75, 3.05) is 13.7 Å². The van der Waals surface area contributed by atoms with Gasteiger partial charge >= 0.3 is 5.97 Å². The third-order valence-electron chi connectivity index (χ3n) is 3.97. The van der Waals surface area contributed by atoms with Gasteiger partial charge in [-0.1, -0.05) is 35.5 Å². The van der Waals surface area contributed by atoms with E-state index >= 15 is 0 Å². The lowest BCUT2D eigenvalue weighted by Crippen LogP contribution is -2.10. The van der Waals surface area contributed by atoms with E-state index in [0.29, 0.717) is 11.5 Å². The Labute approximate surface area is 165 Å². The van der Waals surface area contributed by atoms with E-state index in [2.05, 4.69) is 5.16 Å². The maximum absolute atomic E-state index is 12.5. The fourth-order valence-corrected chi connectivity index (χ4v) is 2.63. The minimum absolute atomic E-state index is 0.169. The number of hydrogen-bond donors (Lipinski definition) is 0. The number of nitro groups is 1. The van der Waals surface area contributed by atoms with Crippen LogP contribution in [0.15, 0.2) is 53.1 Å². The van der Waals surface area contributed by atoms with Crippen molar-refractivity contribution in [3.63, 3.8) is 0 Å². The Morgan fingerprint density at radius 2 is 1.93 bits per heavy atom. The van der Waals surface area contributed by atoms with Gasteiger partial charge in [0.05, 0.1) is 24.7 Å². The SMILES string of the molecule is CCOc1cc([N+](=O)[O-])c(C(=O)OCc2cc(-c3ccccc3)on2)cc1OC. The first-order valence-corrected chi connectivity index (χ1v) is 8.70. The van der Waals surface area contributed by atoms with E-state index in [1.54, 1.807) is 13.0 Å². The van der Waals surface area contributed by atoms with Crippen LogP contribution in [-0.2, 0) is 11.3 Å². The van der Waals surface area contributed by atoms with Crippen molar-refractivity contribution in [1.29, 1.82) is 0 Å². The molecule has 3 aromatic rings. The van der Waals surface area contributed by atoms with Crippen molar-refractivity contribution < 1.29 is 28.5 Å². The number of benzene rings is 2. The highest BCUT2D eigenvalue weighted by Gasteiger charge is 2.26. The van der Waals surface area contributed by atoms with Crippen molar-refractivity contribution >= 4 is 11.7 Å². The average Bonchev–Trinajstić information content (AvgIpc) is 3.21. The first kappa shape index (κ1) is 19.9. The summed E-state index contributed by atoms with van der Waals surface area (Å²) in [7, 11) is 1.37. The third-order valence-corrected chi connectivity index (χ3v) is 3.97. The number of aromatic nitrogens is 1. The second-order valence-corrected chi connectivity index (χ2v) is 5.83. The number of rotatable bonds is 8. The molecule has 0 N–H and O–H groups in total. The number of methoxy groups -OCH3 is 1. The van der Waals surface area contributed by atoms with Gasteiger partial charge in [0.1, 0.15) is 17.9 Å². The third kappa shape index (κ3) is 4.52. The summed E-state index contributed by atoms with van der Waals surface area (Å²) in [5.41, 5.74) is 0.508. The summed E-state index contributed by atoms with van der Waals surface area (Å²) in [6, 6.07) is 13.3. The average molecular weight is 398 g/mol. The Hall–Kier alpha value is -3.88. The monoisotopic (exact) mass is 398 g/mol. The smallest absolute Gasteiger partial charge is 0.345 e. The predicted molar refractivity (Wildman–Crippen MR) is 102 cm³/mol. The molecule has 0 fully saturated rings. The zero-order valence-electron chi connectivity index (χ0n) is 15.8. The topological polar surface area (TPSA) is 114 Å². The van der Waals surface area contributed by atoms with Gasteiger partial charge in [-0.3, -0.25) is 10.1 Å². The van der Waals surface area contributed by atoms with Gasteiger partial charge in [-0.05, 0) is 6.92 Å². The quantitative estimate of drug-likeness (QED) is 0.318. The van der Waals surface area contributed by atoms with Gasteiger partial charge in [0.25, 0.3) is 5.69 Å². The number of carbonyl (C=O) groups is 1. The molecule has 0 bridgehead atoms. The Morgan fingerprint density at radius 3 is 2.59 bits per heavy atom. The molecule has 0 spiro atoms. The summed E-state index contributed by atoms with van der Waals surface area (Å²) in [6.45, 7) is 1.81. The van der Waals surface area contributed by atoms with Crippen LogP contribution in [0.2, 0.25) is 0 Å². The second-order valence-electron chi connectivity index (χ2n) is 5.83. The number of esters is 1. The molecular formula is C20H18N2O7. The molecular weight excluding hydrogens is 380 g/mol. The van der Waals surface area contributed by atoms with E-state index in [0.717, 1.165) is 11.6 Å². The first-order valence-electron chi connectivity index (χ1n) is 8.70. The van der Waals surface area contributed by atoms with Gasteiger partial charge < -0.3 is 18.7 Å². The molecule has 9 nitrogen and oxygen atoms in total. The van der Waals surface area contributed by atoms with Crippen LogP contribution in [0.25, 0.3) is 11.3 Å². The zero-order chi connectivity index (χ0) is 20.8. The van der Waals surface area contributed by atoms with Crippen LogP contribution in [0.3, 0.4) is 0 Å². The minimum atomic E-state index is -0.887. The van der Waals surface area contributed by atoms with Gasteiger partial charge in [-0.2, -0.15) is 0 Å². The van der Waals surface area contributed by atoms with Gasteiger partial charge in [0.2, 0.25) is 0 Å². The van der Waals surface area contributed by atoms with Crippen molar-refractivity contribution in [1.82, 2.24) is 5.16 Å². The highest BCUT2D eigenvalue weighted by molar-refractivity contribution is 5.95. The maximum atomic E-state index is 12.5. The molecule has 1 aromatic heterocycles. The van der Waals surface area contributed by atoms with E-state index in [9.17, 15) is 14.9 Å². The summed E-state index contributed by atoms with van der Waals surface area (Å²) in [6.07, 6.45) is 0. The molecule has 0 atom stereocenters. The largest absolute Gasteiger partial charge is 0.493 e. The maximum Gasteiger partial charge on any atom is 0.345 e. The lowest BCUT2D eigenvalue weighted by molar-refractivity contribution is -0.385. The summed E-state index contributed by atoms with van der Waals surface area (Å²) in [5, 5.41) is 15.2. The number of carbonyl (C=O) groups excluding carboxylic acids is 1. The van der Waals surface area contributed by atoms with Crippen molar-refractivity contribution in [3.05, 3.63) is 69.9 Å². The van der Waals surface area contributed by atoms with Crippen LogP contribution in [0.1, 0.15) is 23.0 Å². The predicted octanol–water partition coefficient (Wildman–Crippen LogP) is 4.01. The van der Waals surface area contributed by atoms with Crippen molar-refractivity contribution in [2.24, 2.45) is 0 Å². The number of nitro benzene ring substituents is 1. The molecule has 0 unspecified atom stereocenters. The summed E-state index contributed by atoms with van der Waals surface area (Å²) < 4.78 is 20.9. The lowest BCUT2D eigenvalue weighted by atomic mass is 10.1. The normalized spacial score (nSPS) is 10.4. The van der Waals surface area contributed by atoms with E-state index in [1.807, 2.05) is 30.3 Å². The van der Waals surface area contributed by atoms with Crippen LogP contribution in [-0.4, -0.2) is 29.8 Å². The van der Waals surface area contributed by atoms with E-state index < -0.39 is 16.6 Å². The fourth-order valence-electron chi connectivity index (χ4n) is 2.63. The molecule has 0 amide bonds. The Balaban J connectivity index is 1.78. The minimum Gasteiger partial charge on any atom is -0.493 e. The van der Waals surface area contributed by atoms with Gasteiger partial charge in [-0.15, -0.1) is 0 Å². The van der Waals surface area contributed by atoms with Crippen LogP contribution in [0.5, 0.6) is 11.5 Å². The molecule has 0 aliphatic heterocycles. The Bertz CT molecular complexity index is 1010. The summed E-state index contributed by atoms with van der Waals surface area (Å²) in [5.74, 6) is -0.00729. The van der Waals surface area contributed by atoms with Crippen molar-refractivity contribution in [3.8, 4) is 22.8 Å². The molecule has 0 saturated carbocycles. The molecule has 1 heterocycles. The molecule has 0 aliphatic rings. The fraction of sp³-hybridized carbons (Fsp3) is 0.200. The highest BCUT2D eigenvalue weighted by atomic mass is 16.6. The van der Waals surface area contributed by atoms with Crippen molar-refractivity contribution in [2.45, 2.75) is 13.5 Å². The van der Waals surface area contributed by atoms with Gasteiger partial charge in [-0.25, -0.2) is 4.79 Å². The van der Waals surface area contributed by atoms with Gasteiger partial charge in [0, 0.05) is 17.7 Å². The Kier molecular flexibility index (Phi) is 6.08. The van der Waals surface area contributed by atoms with Crippen LogP contribution >= 0.6 is 0 Å². The molecule has 9 heteroatoms. The van der Waals surface area contributed by atoms with Gasteiger partial charge in [0.15, 0.2) is 17.3 Å². The second kappa shape index (κ2) is 8.87. The molecule has 3 rings (SSSR count). The van der Waals surface area contributed by atoms with Crippen LogP contribution in [0.4, 0.5) is 5.69 Å². The molecule has 2 aromatic carbocycles. The standard InChI is InChI=1S/C20H18N2O7/c1-3-27-19-11-16(22(24)25)15(10-18(19)26-2)20(23)28-12-14-9-17(29-21-14)13-7-5-4-6-8-13/h4-11H,3,12H2,1-2H3.